The highest BCUT2D eigenvalue weighted by Gasteiger charge is 2.27. The van der Waals surface area contributed by atoms with Crippen LogP contribution in [0.2, 0.25) is 0 Å². The lowest BCUT2D eigenvalue weighted by atomic mass is 10.3. The first-order valence-electron chi connectivity index (χ1n) is 4.87. The number of nitrogens with zero attached hydrogens (tertiary/aromatic N) is 2. The zero-order chi connectivity index (χ0) is 11.7. The molecule has 2 N–H and O–H groups in total. The largest absolute Gasteiger partial charge is 0.433 e. The van der Waals surface area contributed by atoms with Gasteiger partial charge in [0.25, 0.3) is 5.91 Å². The minimum absolute atomic E-state index is 0.0131. The van der Waals surface area contributed by atoms with Gasteiger partial charge in [-0.15, -0.1) is 0 Å². The van der Waals surface area contributed by atoms with Crippen LogP contribution in [0.25, 0.3) is 0 Å². The van der Waals surface area contributed by atoms with Gasteiger partial charge in [-0.05, 0) is 12.5 Å². The predicted octanol–water partition coefficient (Wildman–Crippen LogP) is 0.361. The molecule has 0 aromatic carbocycles. The van der Waals surface area contributed by atoms with E-state index in [9.17, 15) is 14.9 Å². The van der Waals surface area contributed by atoms with Crippen molar-refractivity contribution in [1.29, 1.82) is 0 Å². The van der Waals surface area contributed by atoms with E-state index >= 15 is 0 Å². The molecule has 0 spiro atoms. The molecular formula is C9H11N3O4. The van der Waals surface area contributed by atoms with Gasteiger partial charge >= 0.3 is 5.88 Å². The number of carbonyl (C=O) groups is 1. The first kappa shape index (κ1) is 10.6. The lowest BCUT2D eigenvalue weighted by Gasteiger charge is -2.13. The molecule has 1 amide bonds. The summed E-state index contributed by atoms with van der Waals surface area (Å²) in [6.07, 6.45) is 0.745. The van der Waals surface area contributed by atoms with Crippen LogP contribution in [-0.2, 0) is 0 Å². The standard InChI is InChI=1S/C9H11N3O4/c10-6-3-4-11(5-6)9(13)7-1-2-8(16-7)12(14)15/h1-2,6H,3-5,10H2/t6-/m1/s1. The van der Waals surface area contributed by atoms with Crippen LogP contribution in [0.15, 0.2) is 16.5 Å². The zero-order valence-electron chi connectivity index (χ0n) is 8.46. The molecule has 0 saturated carbocycles. The monoisotopic (exact) mass is 225 g/mol. The molecule has 0 radical (unpaired) electrons. The molecule has 1 atom stereocenters. The van der Waals surface area contributed by atoms with Crippen molar-refractivity contribution in [3.63, 3.8) is 0 Å². The molecule has 1 aromatic rings. The van der Waals surface area contributed by atoms with Gasteiger partial charge < -0.3 is 15.1 Å². The van der Waals surface area contributed by atoms with Gasteiger partial charge in [-0.2, -0.15) is 0 Å². The topological polar surface area (TPSA) is 103 Å². The fourth-order valence-corrected chi connectivity index (χ4v) is 1.67. The molecule has 1 aliphatic rings. The quantitative estimate of drug-likeness (QED) is 0.578. The molecule has 1 saturated heterocycles. The Labute approximate surface area is 91.0 Å². The SMILES string of the molecule is N[C@@H]1CCN(C(=O)c2ccc([N+](=O)[O-])o2)C1. The van der Waals surface area contributed by atoms with Crippen molar-refractivity contribution in [3.05, 3.63) is 28.0 Å². The Morgan fingerprint density at radius 3 is 2.88 bits per heavy atom. The van der Waals surface area contributed by atoms with E-state index in [1.54, 1.807) is 0 Å². The summed E-state index contributed by atoms with van der Waals surface area (Å²) in [7, 11) is 0. The molecule has 0 aliphatic carbocycles. The molecule has 7 heteroatoms. The second-order valence-corrected chi connectivity index (χ2v) is 3.69. The first-order valence-corrected chi connectivity index (χ1v) is 4.87. The fourth-order valence-electron chi connectivity index (χ4n) is 1.67. The molecule has 0 unspecified atom stereocenters. The number of rotatable bonds is 2. The molecule has 1 aromatic heterocycles. The lowest BCUT2D eigenvalue weighted by Crippen LogP contribution is -2.31. The van der Waals surface area contributed by atoms with Gasteiger partial charge in [-0.3, -0.25) is 14.9 Å². The van der Waals surface area contributed by atoms with Gasteiger partial charge in [0.15, 0.2) is 5.76 Å². The van der Waals surface area contributed by atoms with E-state index in [2.05, 4.69) is 0 Å². The Kier molecular flexibility index (Phi) is 2.61. The predicted molar refractivity (Wildman–Crippen MR) is 53.9 cm³/mol. The van der Waals surface area contributed by atoms with Gasteiger partial charge in [0.2, 0.25) is 0 Å². The summed E-state index contributed by atoms with van der Waals surface area (Å²) in [4.78, 5) is 23.0. The molecule has 16 heavy (non-hydrogen) atoms. The van der Waals surface area contributed by atoms with Crippen LogP contribution in [0.3, 0.4) is 0 Å². The van der Waals surface area contributed by atoms with E-state index in [4.69, 9.17) is 10.2 Å². The third-order valence-corrected chi connectivity index (χ3v) is 2.49. The summed E-state index contributed by atoms with van der Waals surface area (Å²) in [5.74, 6) is -0.784. The molecule has 2 rings (SSSR count). The minimum atomic E-state index is -0.674. The van der Waals surface area contributed by atoms with Crippen LogP contribution < -0.4 is 5.73 Å². The Hall–Kier alpha value is -1.89. The normalized spacial score (nSPS) is 20.1. The van der Waals surface area contributed by atoms with E-state index in [1.807, 2.05) is 0 Å². The molecule has 7 nitrogen and oxygen atoms in total. The molecule has 86 valence electrons. The van der Waals surface area contributed by atoms with E-state index < -0.39 is 10.8 Å². The number of furan rings is 1. The number of hydrogen-bond acceptors (Lipinski definition) is 5. The van der Waals surface area contributed by atoms with Crippen LogP contribution in [0, 0.1) is 10.1 Å². The van der Waals surface area contributed by atoms with Crippen molar-refractivity contribution < 1.29 is 14.1 Å². The Morgan fingerprint density at radius 2 is 2.38 bits per heavy atom. The smallest absolute Gasteiger partial charge is 0.395 e. The Balaban J connectivity index is 2.11. The summed E-state index contributed by atoms with van der Waals surface area (Å²) >= 11 is 0. The Bertz CT molecular complexity index is 428. The van der Waals surface area contributed by atoms with Gasteiger partial charge in [0, 0.05) is 19.1 Å². The molecule has 0 bridgehead atoms. The second kappa shape index (κ2) is 3.93. The summed E-state index contributed by atoms with van der Waals surface area (Å²) < 4.78 is 4.82. The van der Waals surface area contributed by atoms with E-state index in [0.717, 1.165) is 6.42 Å². The fraction of sp³-hybridized carbons (Fsp3) is 0.444. The number of carbonyl (C=O) groups excluding carboxylic acids is 1. The third-order valence-electron chi connectivity index (χ3n) is 2.49. The maximum atomic E-state index is 11.8. The van der Waals surface area contributed by atoms with Crippen molar-refractivity contribution in [2.45, 2.75) is 12.5 Å². The van der Waals surface area contributed by atoms with E-state index in [1.165, 1.54) is 17.0 Å². The third kappa shape index (κ3) is 1.89. The van der Waals surface area contributed by atoms with Crippen LogP contribution in [0.4, 0.5) is 5.88 Å². The summed E-state index contributed by atoms with van der Waals surface area (Å²) in [6.45, 7) is 1.03. The van der Waals surface area contributed by atoms with Gasteiger partial charge in [0.1, 0.15) is 4.92 Å². The van der Waals surface area contributed by atoms with Crippen molar-refractivity contribution in [2.24, 2.45) is 5.73 Å². The summed E-state index contributed by atoms with van der Waals surface area (Å²) in [5, 5.41) is 10.4. The maximum Gasteiger partial charge on any atom is 0.433 e. The zero-order valence-corrected chi connectivity index (χ0v) is 8.46. The van der Waals surface area contributed by atoms with Gasteiger partial charge in [0.05, 0.1) is 6.07 Å². The van der Waals surface area contributed by atoms with Crippen LogP contribution >= 0.6 is 0 Å². The van der Waals surface area contributed by atoms with Crippen LogP contribution in [0.1, 0.15) is 17.0 Å². The highest BCUT2D eigenvalue weighted by atomic mass is 16.6. The van der Waals surface area contributed by atoms with Crippen molar-refractivity contribution >= 4 is 11.8 Å². The van der Waals surface area contributed by atoms with Crippen molar-refractivity contribution in [2.75, 3.05) is 13.1 Å². The van der Waals surface area contributed by atoms with Crippen molar-refractivity contribution in [1.82, 2.24) is 4.90 Å². The second-order valence-electron chi connectivity index (χ2n) is 3.69. The molecule has 1 fully saturated rings. The summed E-state index contributed by atoms with van der Waals surface area (Å²) in [5.41, 5.74) is 5.66. The van der Waals surface area contributed by atoms with Crippen molar-refractivity contribution in [3.8, 4) is 0 Å². The van der Waals surface area contributed by atoms with E-state index in [0.29, 0.717) is 13.1 Å². The molecule has 2 heterocycles. The average molecular weight is 225 g/mol. The van der Waals surface area contributed by atoms with Crippen LogP contribution in [-0.4, -0.2) is 34.9 Å². The summed E-state index contributed by atoms with van der Waals surface area (Å²) in [6, 6.07) is 2.46. The maximum absolute atomic E-state index is 11.8. The number of amides is 1. The lowest BCUT2D eigenvalue weighted by molar-refractivity contribution is -0.402. The van der Waals surface area contributed by atoms with Gasteiger partial charge in [-0.25, -0.2) is 0 Å². The van der Waals surface area contributed by atoms with Crippen LogP contribution in [0.5, 0.6) is 0 Å². The highest BCUT2D eigenvalue weighted by molar-refractivity contribution is 5.92. The average Bonchev–Trinajstić information content (AvgIpc) is 2.84. The first-order chi connectivity index (χ1) is 7.58. The highest BCUT2D eigenvalue weighted by Crippen LogP contribution is 2.19. The Morgan fingerprint density at radius 1 is 1.62 bits per heavy atom. The molecule has 1 aliphatic heterocycles. The van der Waals surface area contributed by atoms with Gasteiger partial charge in [-0.1, -0.05) is 0 Å². The number of hydrogen-bond donors (Lipinski definition) is 1. The minimum Gasteiger partial charge on any atom is -0.395 e. The number of likely N-dealkylation sites (tertiary alicyclic amines) is 1. The molecular weight excluding hydrogens is 214 g/mol. The number of nitro groups is 1. The van der Waals surface area contributed by atoms with E-state index in [-0.39, 0.29) is 17.7 Å². The number of nitrogens with two attached hydrogens (primary N) is 1.